The van der Waals surface area contributed by atoms with Crippen molar-refractivity contribution in [2.45, 2.75) is 58.5 Å². The molecule has 1 heterocycles. The fourth-order valence-electron chi connectivity index (χ4n) is 2.09. The summed E-state index contributed by atoms with van der Waals surface area (Å²) < 4.78 is 2.09. The van der Waals surface area contributed by atoms with Crippen molar-refractivity contribution in [3.8, 4) is 0 Å². The summed E-state index contributed by atoms with van der Waals surface area (Å²) >= 11 is 0. The number of aliphatic imine (C=N–C) groups is 1. The molecule has 0 spiro atoms. The van der Waals surface area contributed by atoms with Gasteiger partial charge in [-0.1, -0.05) is 26.2 Å². The Bertz CT molecular complexity index is 358. The van der Waals surface area contributed by atoms with Crippen LogP contribution in [-0.4, -0.2) is 35.1 Å². The highest BCUT2D eigenvalue weighted by molar-refractivity contribution is 5.79. The Morgan fingerprint density at radius 1 is 1.35 bits per heavy atom. The molecule has 20 heavy (non-hydrogen) atoms. The minimum Gasteiger partial charge on any atom is -0.356 e. The number of nitrogens with one attached hydrogen (secondary N) is 2. The van der Waals surface area contributed by atoms with Crippen LogP contribution in [0.2, 0.25) is 0 Å². The Morgan fingerprint density at radius 3 is 2.85 bits per heavy atom. The molecular formula is C15H29N5. The first kappa shape index (κ1) is 16.5. The van der Waals surface area contributed by atoms with Crippen molar-refractivity contribution in [3.63, 3.8) is 0 Å². The molecule has 114 valence electrons. The van der Waals surface area contributed by atoms with E-state index in [-0.39, 0.29) is 0 Å². The maximum atomic E-state index is 4.27. The molecule has 0 saturated heterocycles. The lowest BCUT2D eigenvalue weighted by atomic mass is 10.1. The van der Waals surface area contributed by atoms with E-state index in [1.807, 2.05) is 25.8 Å². The van der Waals surface area contributed by atoms with Gasteiger partial charge in [0.05, 0.1) is 6.33 Å². The third-order valence-corrected chi connectivity index (χ3v) is 3.29. The van der Waals surface area contributed by atoms with E-state index >= 15 is 0 Å². The number of rotatable bonds is 9. The second-order valence-corrected chi connectivity index (χ2v) is 5.19. The number of nitrogens with zero attached hydrogens (tertiary/aromatic N) is 3. The van der Waals surface area contributed by atoms with Crippen LogP contribution in [0.15, 0.2) is 23.7 Å². The van der Waals surface area contributed by atoms with Crippen LogP contribution in [0, 0.1) is 0 Å². The maximum absolute atomic E-state index is 4.27. The van der Waals surface area contributed by atoms with E-state index in [1.54, 1.807) is 0 Å². The van der Waals surface area contributed by atoms with Gasteiger partial charge in [0.25, 0.3) is 0 Å². The summed E-state index contributed by atoms with van der Waals surface area (Å²) in [6.45, 7) is 6.35. The molecule has 2 N–H and O–H groups in total. The van der Waals surface area contributed by atoms with Crippen LogP contribution >= 0.6 is 0 Å². The van der Waals surface area contributed by atoms with Gasteiger partial charge in [-0.15, -0.1) is 0 Å². The van der Waals surface area contributed by atoms with Gasteiger partial charge >= 0.3 is 0 Å². The Hall–Kier alpha value is -1.52. The predicted octanol–water partition coefficient (Wildman–Crippen LogP) is 2.41. The zero-order valence-corrected chi connectivity index (χ0v) is 13.1. The molecule has 1 unspecified atom stereocenters. The summed E-state index contributed by atoms with van der Waals surface area (Å²) in [5.74, 6) is 0.902. The van der Waals surface area contributed by atoms with Crippen molar-refractivity contribution < 1.29 is 0 Å². The van der Waals surface area contributed by atoms with Crippen LogP contribution in [0.25, 0.3) is 0 Å². The average Bonchev–Trinajstić information content (AvgIpc) is 2.95. The zero-order valence-electron chi connectivity index (χ0n) is 13.1. The monoisotopic (exact) mass is 279 g/mol. The highest BCUT2D eigenvalue weighted by atomic mass is 15.2. The molecule has 5 nitrogen and oxygen atoms in total. The fourth-order valence-corrected chi connectivity index (χ4v) is 2.09. The van der Waals surface area contributed by atoms with E-state index < -0.39 is 0 Å². The van der Waals surface area contributed by atoms with Gasteiger partial charge in [-0.2, -0.15) is 0 Å². The number of unbranched alkanes of at least 4 members (excludes halogenated alkanes) is 2. The minimum absolute atomic E-state index is 0.474. The summed E-state index contributed by atoms with van der Waals surface area (Å²) in [6.07, 6.45) is 11.8. The topological polar surface area (TPSA) is 54.2 Å². The first-order chi connectivity index (χ1) is 9.76. The lowest BCUT2D eigenvalue weighted by Crippen LogP contribution is -2.42. The SMILES string of the molecule is CCCCCC(C)NC(=NC)NCCCn1ccnc1. The second-order valence-electron chi connectivity index (χ2n) is 5.19. The van der Waals surface area contributed by atoms with Crippen molar-refractivity contribution in [1.29, 1.82) is 0 Å². The number of guanidine groups is 1. The lowest BCUT2D eigenvalue weighted by Gasteiger charge is -2.17. The highest BCUT2D eigenvalue weighted by Crippen LogP contribution is 2.02. The van der Waals surface area contributed by atoms with Gasteiger partial charge in [0.15, 0.2) is 5.96 Å². The second kappa shape index (κ2) is 10.3. The van der Waals surface area contributed by atoms with Crippen molar-refractivity contribution >= 4 is 5.96 Å². The third kappa shape index (κ3) is 7.16. The Kier molecular flexibility index (Phi) is 8.51. The van der Waals surface area contributed by atoms with Crippen LogP contribution in [-0.2, 0) is 6.54 Å². The summed E-state index contributed by atoms with van der Waals surface area (Å²) in [7, 11) is 1.82. The van der Waals surface area contributed by atoms with Gasteiger partial charge in [-0.25, -0.2) is 4.98 Å². The van der Waals surface area contributed by atoms with Gasteiger partial charge < -0.3 is 15.2 Å². The highest BCUT2D eigenvalue weighted by Gasteiger charge is 2.04. The molecular weight excluding hydrogens is 250 g/mol. The van der Waals surface area contributed by atoms with Crippen LogP contribution in [0.4, 0.5) is 0 Å². The molecule has 1 rings (SSSR count). The fraction of sp³-hybridized carbons (Fsp3) is 0.733. The van der Waals surface area contributed by atoms with E-state index in [2.05, 4.69) is 39.0 Å². The zero-order chi connectivity index (χ0) is 14.6. The largest absolute Gasteiger partial charge is 0.356 e. The molecule has 1 aromatic rings. The quantitative estimate of drug-likeness (QED) is 0.415. The number of hydrogen-bond donors (Lipinski definition) is 2. The van der Waals surface area contributed by atoms with Crippen molar-refractivity contribution in [2.75, 3.05) is 13.6 Å². The molecule has 1 aromatic heterocycles. The number of aromatic nitrogens is 2. The van der Waals surface area contributed by atoms with Crippen LogP contribution in [0.5, 0.6) is 0 Å². The lowest BCUT2D eigenvalue weighted by molar-refractivity contribution is 0.543. The smallest absolute Gasteiger partial charge is 0.191 e. The van der Waals surface area contributed by atoms with Gasteiger partial charge in [0.2, 0.25) is 0 Å². The van der Waals surface area contributed by atoms with Gasteiger partial charge in [0.1, 0.15) is 0 Å². The molecule has 0 fully saturated rings. The van der Waals surface area contributed by atoms with Gasteiger partial charge in [-0.05, 0) is 19.8 Å². The summed E-state index contributed by atoms with van der Waals surface area (Å²) in [5.41, 5.74) is 0. The third-order valence-electron chi connectivity index (χ3n) is 3.29. The normalized spacial score (nSPS) is 13.2. The van der Waals surface area contributed by atoms with Crippen LogP contribution < -0.4 is 10.6 Å². The molecule has 0 aliphatic carbocycles. The Balaban J connectivity index is 2.12. The van der Waals surface area contributed by atoms with Gasteiger partial charge in [-0.3, -0.25) is 4.99 Å². The van der Waals surface area contributed by atoms with Crippen molar-refractivity contribution in [3.05, 3.63) is 18.7 Å². The van der Waals surface area contributed by atoms with E-state index in [9.17, 15) is 0 Å². The van der Waals surface area contributed by atoms with Crippen molar-refractivity contribution in [1.82, 2.24) is 20.2 Å². The average molecular weight is 279 g/mol. The molecule has 0 saturated carbocycles. The Labute approximate surface area is 122 Å². The van der Waals surface area contributed by atoms with Crippen LogP contribution in [0.1, 0.15) is 46.0 Å². The summed E-state index contributed by atoms with van der Waals surface area (Å²) in [6, 6.07) is 0.474. The summed E-state index contributed by atoms with van der Waals surface area (Å²) in [4.78, 5) is 8.30. The molecule has 0 aliphatic rings. The van der Waals surface area contributed by atoms with Crippen LogP contribution in [0.3, 0.4) is 0 Å². The first-order valence-corrected chi connectivity index (χ1v) is 7.69. The number of hydrogen-bond acceptors (Lipinski definition) is 2. The molecule has 0 aromatic carbocycles. The molecule has 0 bridgehead atoms. The van der Waals surface area contributed by atoms with E-state index in [0.717, 1.165) is 25.5 Å². The Morgan fingerprint density at radius 2 is 2.20 bits per heavy atom. The minimum atomic E-state index is 0.474. The molecule has 1 atom stereocenters. The number of imidazole rings is 1. The molecule has 5 heteroatoms. The number of aryl methyl sites for hydroxylation is 1. The molecule has 0 radical (unpaired) electrons. The predicted molar refractivity (Wildman–Crippen MR) is 84.9 cm³/mol. The molecule has 0 aliphatic heterocycles. The first-order valence-electron chi connectivity index (χ1n) is 7.69. The van der Waals surface area contributed by atoms with E-state index in [4.69, 9.17) is 0 Å². The molecule has 0 amide bonds. The maximum Gasteiger partial charge on any atom is 0.191 e. The summed E-state index contributed by atoms with van der Waals surface area (Å²) in [5, 5.41) is 6.80. The van der Waals surface area contributed by atoms with Crippen molar-refractivity contribution in [2.24, 2.45) is 4.99 Å². The van der Waals surface area contributed by atoms with Gasteiger partial charge in [0, 0.05) is 38.6 Å². The van der Waals surface area contributed by atoms with E-state index in [0.29, 0.717) is 6.04 Å². The van der Waals surface area contributed by atoms with E-state index in [1.165, 1.54) is 25.7 Å². The standard InChI is InChI=1S/C15H29N5/c1-4-5-6-8-14(2)19-15(16-3)18-9-7-11-20-12-10-17-13-20/h10,12-14H,4-9,11H2,1-3H3,(H2,16,18,19).